The van der Waals surface area contributed by atoms with Gasteiger partial charge in [0, 0.05) is 24.3 Å². The number of nitrogens with one attached hydrogen (secondary N) is 1. The highest BCUT2D eigenvalue weighted by atomic mass is 16.5. The molecule has 1 atom stereocenters. The van der Waals surface area contributed by atoms with Crippen molar-refractivity contribution in [2.24, 2.45) is 5.41 Å². The number of amides is 1. The maximum Gasteiger partial charge on any atom is 0.313 e. The number of carbonyl (C=O) groups is 2. The molecule has 6 heteroatoms. The van der Waals surface area contributed by atoms with Crippen molar-refractivity contribution in [2.45, 2.75) is 58.3 Å². The van der Waals surface area contributed by atoms with Crippen molar-refractivity contribution >= 4 is 11.9 Å². The lowest BCUT2D eigenvalue weighted by molar-refractivity contribution is -0.159. The first-order valence-electron chi connectivity index (χ1n) is 11.2. The molecular weight excluding hydrogens is 378 g/mol. The monoisotopic (exact) mass is 409 g/mol. The molecule has 30 heavy (non-hydrogen) atoms. The van der Waals surface area contributed by atoms with E-state index >= 15 is 0 Å². The molecule has 1 aliphatic carbocycles. The normalized spacial score (nSPS) is 20.8. The Morgan fingerprint density at radius 1 is 1.20 bits per heavy atom. The predicted molar refractivity (Wildman–Crippen MR) is 114 cm³/mol. The van der Waals surface area contributed by atoms with Crippen molar-refractivity contribution in [1.82, 2.24) is 15.1 Å². The van der Waals surface area contributed by atoms with Crippen molar-refractivity contribution in [1.29, 1.82) is 0 Å². The zero-order valence-corrected chi connectivity index (χ0v) is 17.8. The molecule has 6 nitrogen and oxygen atoms in total. The molecule has 1 unspecified atom stereocenters. The number of aromatic nitrogens is 2. The Morgan fingerprint density at radius 2 is 2.03 bits per heavy atom. The highest BCUT2D eigenvalue weighted by Crippen LogP contribution is 2.37. The minimum absolute atomic E-state index is 0.0502. The van der Waals surface area contributed by atoms with Crippen molar-refractivity contribution in [2.75, 3.05) is 19.7 Å². The van der Waals surface area contributed by atoms with Gasteiger partial charge in [0.25, 0.3) is 5.91 Å². The summed E-state index contributed by atoms with van der Waals surface area (Å²) in [6.45, 7) is 3.29. The largest absolute Gasteiger partial charge is 0.466 e. The number of ether oxygens (including phenoxy) is 1. The Kier molecular flexibility index (Phi) is 6.21. The second-order valence-corrected chi connectivity index (χ2v) is 8.55. The first-order valence-corrected chi connectivity index (χ1v) is 11.2. The summed E-state index contributed by atoms with van der Waals surface area (Å²) in [5.74, 6) is -0.214. The number of rotatable bonds is 7. The van der Waals surface area contributed by atoms with E-state index in [1.165, 1.54) is 5.56 Å². The zero-order valence-electron chi connectivity index (χ0n) is 17.8. The smallest absolute Gasteiger partial charge is 0.313 e. The van der Waals surface area contributed by atoms with Crippen molar-refractivity contribution in [3.8, 4) is 0 Å². The Labute approximate surface area is 178 Å². The molecule has 2 heterocycles. The summed E-state index contributed by atoms with van der Waals surface area (Å²) in [7, 11) is 0. The molecule has 1 aromatic carbocycles. The number of hydrogen-bond donors (Lipinski definition) is 1. The maximum atomic E-state index is 13.3. The highest BCUT2D eigenvalue weighted by Gasteiger charge is 2.45. The lowest BCUT2D eigenvalue weighted by atomic mass is 9.75. The molecule has 1 aromatic heterocycles. The molecule has 1 amide bonds. The Morgan fingerprint density at radius 3 is 2.83 bits per heavy atom. The van der Waals surface area contributed by atoms with Crippen LogP contribution in [0.15, 0.2) is 30.3 Å². The molecule has 0 saturated carbocycles. The van der Waals surface area contributed by atoms with E-state index in [1.807, 2.05) is 30.0 Å². The minimum Gasteiger partial charge on any atom is -0.466 e. The number of fused-ring (bicyclic) bond motifs is 1. The van der Waals surface area contributed by atoms with Crippen LogP contribution in [0.25, 0.3) is 0 Å². The zero-order chi connectivity index (χ0) is 21.0. The molecule has 160 valence electrons. The molecule has 1 aliphatic heterocycles. The number of nitrogens with zero attached hydrogens (tertiary/aromatic N) is 2. The summed E-state index contributed by atoms with van der Waals surface area (Å²) in [4.78, 5) is 28.1. The van der Waals surface area contributed by atoms with Crippen LogP contribution < -0.4 is 0 Å². The van der Waals surface area contributed by atoms with Crippen LogP contribution in [-0.4, -0.2) is 46.7 Å². The first kappa shape index (κ1) is 20.6. The van der Waals surface area contributed by atoms with Gasteiger partial charge >= 0.3 is 5.97 Å². The van der Waals surface area contributed by atoms with Gasteiger partial charge in [0.2, 0.25) is 0 Å². The standard InChI is InChI=1S/C24H31N3O3/c1-2-30-23(29)24(14-7-11-18-9-4-3-5-10-18)15-8-16-27(17-24)22(28)21-19-12-6-13-20(19)25-26-21/h3-5,9-10H,2,6-8,11-17H2,1H3,(H,25,26). The van der Waals surface area contributed by atoms with Crippen LogP contribution in [0, 0.1) is 5.41 Å². The molecule has 0 spiro atoms. The van der Waals surface area contributed by atoms with Gasteiger partial charge in [-0.2, -0.15) is 5.10 Å². The Hall–Kier alpha value is -2.63. The van der Waals surface area contributed by atoms with E-state index in [1.54, 1.807) is 0 Å². The van der Waals surface area contributed by atoms with Crippen molar-refractivity contribution in [3.63, 3.8) is 0 Å². The molecule has 0 radical (unpaired) electrons. The van der Waals surface area contributed by atoms with Crippen LogP contribution >= 0.6 is 0 Å². The minimum atomic E-state index is -0.627. The second kappa shape index (κ2) is 9.02. The van der Waals surface area contributed by atoms with E-state index in [2.05, 4.69) is 22.3 Å². The van der Waals surface area contributed by atoms with E-state index in [4.69, 9.17) is 4.74 Å². The van der Waals surface area contributed by atoms with E-state index in [0.29, 0.717) is 25.4 Å². The van der Waals surface area contributed by atoms with Crippen LogP contribution in [0.4, 0.5) is 0 Å². The summed E-state index contributed by atoms with van der Waals surface area (Å²) in [6, 6.07) is 10.3. The third kappa shape index (κ3) is 4.13. The number of piperidine rings is 1. The number of carbonyl (C=O) groups excluding carboxylic acids is 2. The number of H-pyrrole nitrogens is 1. The Bertz CT molecular complexity index is 892. The number of hydrogen-bond acceptors (Lipinski definition) is 4. The van der Waals surface area contributed by atoms with E-state index in [0.717, 1.165) is 62.6 Å². The molecule has 4 rings (SSSR count). The van der Waals surface area contributed by atoms with Crippen LogP contribution in [0.1, 0.15) is 66.3 Å². The predicted octanol–water partition coefficient (Wildman–Crippen LogP) is 3.71. The molecule has 0 bridgehead atoms. The van der Waals surface area contributed by atoms with Gasteiger partial charge < -0.3 is 9.64 Å². The molecule has 2 aliphatic rings. The topological polar surface area (TPSA) is 75.3 Å². The van der Waals surface area contributed by atoms with Crippen LogP contribution in [0.3, 0.4) is 0 Å². The van der Waals surface area contributed by atoms with Gasteiger partial charge in [0.15, 0.2) is 5.69 Å². The van der Waals surface area contributed by atoms with E-state index in [-0.39, 0.29) is 11.9 Å². The number of benzene rings is 1. The van der Waals surface area contributed by atoms with Gasteiger partial charge in [0.05, 0.1) is 12.0 Å². The van der Waals surface area contributed by atoms with Gasteiger partial charge in [-0.1, -0.05) is 30.3 Å². The van der Waals surface area contributed by atoms with E-state index in [9.17, 15) is 9.59 Å². The summed E-state index contributed by atoms with van der Waals surface area (Å²) in [6.07, 6.45) is 7.04. The van der Waals surface area contributed by atoms with Crippen LogP contribution in [0.2, 0.25) is 0 Å². The summed E-state index contributed by atoms with van der Waals surface area (Å²) in [5, 5.41) is 7.34. The molecule has 1 N–H and O–H groups in total. The van der Waals surface area contributed by atoms with E-state index < -0.39 is 5.41 Å². The molecule has 2 aromatic rings. The molecule has 1 fully saturated rings. The fourth-order valence-electron chi connectivity index (χ4n) is 4.98. The summed E-state index contributed by atoms with van der Waals surface area (Å²) in [5.41, 5.74) is 3.35. The maximum absolute atomic E-state index is 13.3. The number of esters is 1. The fourth-order valence-corrected chi connectivity index (χ4v) is 4.98. The number of aromatic amines is 1. The molecule has 1 saturated heterocycles. The van der Waals surface area contributed by atoms with Crippen molar-refractivity contribution < 1.29 is 14.3 Å². The average molecular weight is 410 g/mol. The van der Waals surface area contributed by atoms with Gasteiger partial charge in [0.1, 0.15) is 0 Å². The van der Waals surface area contributed by atoms with Gasteiger partial charge in [-0.3, -0.25) is 14.7 Å². The van der Waals surface area contributed by atoms with Gasteiger partial charge in [-0.25, -0.2) is 0 Å². The van der Waals surface area contributed by atoms with Crippen LogP contribution in [0.5, 0.6) is 0 Å². The lowest BCUT2D eigenvalue weighted by Crippen LogP contribution is -2.50. The fraction of sp³-hybridized carbons (Fsp3) is 0.542. The van der Waals surface area contributed by atoms with Gasteiger partial charge in [-0.15, -0.1) is 0 Å². The number of likely N-dealkylation sites (tertiary alicyclic amines) is 1. The third-order valence-corrected chi connectivity index (χ3v) is 6.55. The quantitative estimate of drug-likeness (QED) is 0.708. The third-order valence-electron chi connectivity index (χ3n) is 6.55. The van der Waals surface area contributed by atoms with Gasteiger partial charge in [-0.05, 0) is 63.9 Å². The molecular formula is C24H31N3O3. The highest BCUT2D eigenvalue weighted by molar-refractivity contribution is 5.94. The first-order chi connectivity index (χ1) is 14.6. The SMILES string of the molecule is CCOC(=O)C1(CCCc2ccccc2)CCCN(C(=O)c2n[nH]c3c2CCC3)C1. The average Bonchev–Trinajstić information content (AvgIpc) is 3.38. The van der Waals surface area contributed by atoms with Crippen molar-refractivity contribution in [3.05, 3.63) is 52.8 Å². The van der Waals surface area contributed by atoms with Crippen LogP contribution in [-0.2, 0) is 28.8 Å². The summed E-state index contributed by atoms with van der Waals surface area (Å²) < 4.78 is 5.48. The lowest BCUT2D eigenvalue weighted by Gasteiger charge is -2.41. The Balaban J connectivity index is 1.49. The summed E-state index contributed by atoms with van der Waals surface area (Å²) >= 11 is 0. The second-order valence-electron chi connectivity index (χ2n) is 8.55. The number of aryl methyl sites for hydroxylation is 2.